The molecular weight excluding hydrogens is 279 g/mol. The first-order valence-corrected chi connectivity index (χ1v) is 6.54. The number of anilines is 1. The standard InChI is InChI=1S/C10H11ClF3N3.C2H6/c11-8-5-7(10(12,13)14)6-16-9(8)17-3-1-15-2-4-17;1-2/h5-6,15H,1-4H2;1-2H3. The van der Waals surface area contributed by atoms with Crippen molar-refractivity contribution < 1.29 is 13.2 Å². The Morgan fingerprint density at radius 3 is 2.32 bits per heavy atom. The number of nitrogens with one attached hydrogen (secondary N) is 1. The molecule has 0 spiro atoms. The largest absolute Gasteiger partial charge is 0.417 e. The van der Waals surface area contributed by atoms with Gasteiger partial charge in [-0.3, -0.25) is 0 Å². The maximum Gasteiger partial charge on any atom is 0.417 e. The summed E-state index contributed by atoms with van der Waals surface area (Å²) in [5.74, 6) is 0.418. The summed E-state index contributed by atoms with van der Waals surface area (Å²) in [4.78, 5) is 5.69. The minimum Gasteiger partial charge on any atom is -0.353 e. The molecule has 7 heteroatoms. The van der Waals surface area contributed by atoms with Crippen LogP contribution in [0.25, 0.3) is 0 Å². The number of halogens is 4. The molecule has 0 aliphatic carbocycles. The SMILES string of the molecule is CC.FC(F)(F)c1cnc(N2CCNCC2)c(Cl)c1. The van der Waals surface area contributed by atoms with Crippen molar-refractivity contribution in [2.24, 2.45) is 0 Å². The van der Waals surface area contributed by atoms with E-state index >= 15 is 0 Å². The zero-order valence-electron chi connectivity index (χ0n) is 10.9. The summed E-state index contributed by atoms with van der Waals surface area (Å²) in [6.07, 6.45) is -3.58. The highest BCUT2D eigenvalue weighted by Gasteiger charge is 2.32. The van der Waals surface area contributed by atoms with Crippen LogP contribution in [-0.4, -0.2) is 31.2 Å². The van der Waals surface area contributed by atoms with Crippen molar-refractivity contribution in [1.82, 2.24) is 10.3 Å². The highest BCUT2D eigenvalue weighted by atomic mass is 35.5. The van der Waals surface area contributed by atoms with Crippen molar-refractivity contribution in [3.8, 4) is 0 Å². The molecule has 3 nitrogen and oxygen atoms in total. The van der Waals surface area contributed by atoms with E-state index in [1.165, 1.54) is 0 Å². The van der Waals surface area contributed by atoms with Gasteiger partial charge in [-0.1, -0.05) is 25.4 Å². The van der Waals surface area contributed by atoms with E-state index in [2.05, 4.69) is 10.3 Å². The van der Waals surface area contributed by atoms with Crippen molar-refractivity contribution in [3.05, 3.63) is 22.8 Å². The zero-order valence-corrected chi connectivity index (χ0v) is 11.6. The average Bonchev–Trinajstić information content (AvgIpc) is 2.41. The van der Waals surface area contributed by atoms with E-state index in [-0.39, 0.29) is 5.02 Å². The van der Waals surface area contributed by atoms with Gasteiger partial charge in [0.15, 0.2) is 0 Å². The van der Waals surface area contributed by atoms with Crippen LogP contribution in [0.1, 0.15) is 19.4 Å². The minimum absolute atomic E-state index is 0.0433. The van der Waals surface area contributed by atoms with E-state index in [0.717, 1.165) is 25.4 Å². The molecule has 1 aliphatic rings. The first kappa shape index (κ1) is 16.0. The normalized spacial score (nSPS) is 15.8. The van der Waals surface area contributed by atoms with Gasteiger partial charge in [-0.15, -0.1) is 0 Å². The lowest BCUT2D eigenvalue weighted by Gasteiger charge is -2.29. The molecule has 0 amide bonds. The van der Waals surface area contributed by atoms with E-state index < -0.39 is 11.7 Å². The lowest BCUT2D eigenvalue weighted by Crippen LogP contribution is -2.44. The van der Waals surface area contributed by atoms with E-state index in [1.807, 2.05) is 18.7 Å². The van der Waals surface area contributed by atoms with Gasteiger partial charge in [0.05, 0.1) is 10.6 Å². The third-order valence-corrected chi connectivity index (χ3v) is 2.84. The number of hydrogen-bond acceptors (Lipinski definition) is 3. The first-order valence-electron chi connectivity index (χ1n) is 6.17. The van der Waals surface area contributed by atoms with Gasteiger partial charge in [-0.05, 0) is 6.07 Å². The lowest BCUT2D eigenvalue weighted by atomic mass is 10.2. The van der Waals surface area contributed by atoms with Crippen LogP contribution in [0.4, 0.5) is 19.0 Å². The summed E-state index contributed by atoms with van der Waals surface area (Å²) < 4.78 is 37.3. The monoisotopic (exact) mass is 295 g/mol. The third kappa shape index (κ3) is 4.24. The zero-order chi connectivity index (χ0) is 14.5. The Bertz CT molecular complexity index is 404. The molecule has 0 aromatic carbocycles. The second kappa shape index (κ2) is 6.96. The second-order valence-electron chi connectivity index (χ2n) is 3.76. The van der Waals surface area contributed by atoms with Crippen molar-refractivity contribution in [2.45, 2.75) is 20.0 Å². The molecule has 1 aliphatic heterocycles. The van der Waals surface area contributed by atoms with Gasteiger partial charge in [0.25, 0.3) is 0 Å². The molecule has 2 rings (SSSR count). The maximum atomic E-state index is 12.4. The van der Waals surface area contributed by atoms with E-state index in [9.17, 15) is 13.2 Å². The fourth-order valence-corrected chi connectivity index (χ4v) is 1.98. The topological polar surface area (TPSA) is 28.2 Å². The van der Waals surface area contributed by atoms with Crippen molar-refractivity contribution in [3.63, 3.8) is 0 Å². The van der Waals surface area contributed by atoms with Gasteiger partial charge in [0.2, 0.25) is 0 Å². The Hall–Kier alpha value is -1.01. The maximum absolute atomic E-state index is 12.4. The Morgan fingerprint density at radius 2 is 1.84 bits per heavy atom. The summed E-state index contributed by atoms with van der Waals surface area (Å²) in [6, 6.07) is 0.923. The van der Waals surface area contributed by atoms with Crippen molar-refractivity contribution >= 4 is 17.4 Å². The molecule has 0 unspecified atom stereocenters. The molecule has 1 N–H and O–H groups in total. The predicted octanol–water partition coefficient (Wildman–Crippen LogP) is 3.19. The van der Waals surface area contributed by atoms with Gasteiger partial charge in [-0.25, -0.2) is 4.98 Å². The number of alkyl halides is 3. The van der Waals surface area contributed by atoms with E-state index in [1.54, 1.807) is 0 Å². The van der Waals surface area contributed by atoms with Crippen LogP contribution < -0.4 is 10.2 Å². The van der Waals surface area contributed by atoms with Crippen LogP contribution in [0, 0.1) is 0 Å². The fourth-order valence-electron chi connectivity index (χ4n) is 1.70. The Labute approximate surface area is 115 Å². The highest BCUT2D eigenvalue weighted by Crippen LogP contribution is 2.33. The molecule has 19 heavy (non-hydrogen) atoms. The first-order chi connectivity index (χ1) is 8.98. The molecule has 1 aromatic rings. The van der Waals surface area contributed by atoms with E-state index in [4.69, 9.17) is 11.6 Å². The number of nitrogens with zero attached hydrogens (tertiary/aromatic N) is 2. The number of rotatable bonds is 1. The van der Waals surface area contributed by atoms with Crippen molar-refractivity contribution in [2.75, 3.05) is 31.1 Å². The van der Waals surface area contributed by atoms with Gasteiger partial charge in [-0.2, -0.15) is 13.2 Å². The summed E-state index contributed by atoms with van der Waals surface area (Å²) in [7, 11) is 0. The molecule has 1 saturated heterocycles. The van der Waals surface area contributed by atoms with Crippen LogP contribution >= 0.6 is 11.6 Å². The molecule has 0 bridgehead atoms. The molecule has 2 heterocycles. The summed E-state index contributed by atoms with van der Waals surface area (Å²) in [6.45, 7) is 6.94. The van der Waals surface area contributed by atoms with Crippen LogP contribution in [0.2, 0.25) is 5.02 Å². The molecule has 0 saturated carbocycles. The molecule has 1 aromatic heterocycles. The number of aromatic nitrogens is 1. The molecule has 0 atom stereocenters. The second-order valence-corrected chi connectivity index (χ2v) is 4.17. The highest BCUT2D eigenvalue weighted by molar-refractivity contribution is 6.33. The molecule has 108 valence electrons. The van der Waals surface area contributed by atoms with Gasteiger partial charge in [0, 0.05) is 32.4 Å². The van der Waals surface area contributed by atoms with Crippen molar-refractivity contribution in [1.29, 1.82) is 0 Å². The van der Waals surface area contributed by atoms with E-state index in [0.29, 0.717) is 18.9 Å². The Morgan fingerprint density at radius 1 is 1.26 bits per heavy atom. The number of piperazine rings is 1. The van der Waals surface area contributed by atoms with Crippen LogP contribution in [-0.2, 0) is 6.18 Å². The minimum atomic E-state index is -4.40. The quantitative estimate of drug-likeness (QED) is 0.862. The third-order valence-electron chi connectivity index (χ3n) is 2.57. The molecule has 1 fully saturated rings. The van der Waals surface area contributed by atoms with Crippen LogP contribution in [0.5, 0.6) is 0 Å². The van der Waals surface area contributed by atoms with Gasteiger partial charge in [0.1, 0.15) is 5.82 Å². The van der Waals surface area contributed by atoms with Crippen LogP contribution in [0.15, 0.2) is 12.3 Å². The predicted molar refractivity (Wildman–Crippen MR) is 70.7 cm³/mol. The Kier molecular flexibility index (Phi) is 5.87. The summed E-state index contributed by atoms with van der Waals surface area (Å²) in [5.41, 5.74) is -0.818. The Balaban J connectivity index is 0.000000861. The lowest BCUT2D eigenvalue weighted by molar-refractivity contribution is -0.137. The number of hydrogen-bond donors (Lipinski definition) is 1. The van der Waals surface area contributed by atoms with Crippen LogP contribution in [0.3, 0.4) is 0 Å². The summed E-state index contributed by atoms with van der Waals surface area (Å²) >= 11 is 5.84. The average molecular weight is 296 g/mol. The molecule has 0 radical (unpaired) electrons. The smallest absolute Gasteiger partial charge is 0.353 e. The molecular formula is C12H17ClF3N3. The fraction of sp³-hybridized carbons (Fsp3) is 0.583. The number of pyridine rings is 1. The van der Waals surface area contributed by atoms with Gasteiger partial charge < -0.3 is 10.2 Å². The van der Waals surface area contributed by atoms with Gasteiger partial charge >= 0.3 is 6.18 Å². The summed E-state index contributed by atoms with van der Waals surface area (Å²) in [5, 5.41) is 3.19.